The second-order valence-electron chi connectivity index (χ2n) is 7.07. The number of carbonyl (C=O) groups excluding carboxylic acids is 3. The number of fused-ring (bicyclic) bond motifs is 1. The van der Waals surface area contributed by atoms with Crippen molar-refractivity contribution in [2.24, 2.45) is 0 Å². The first-order valence-electron chi connectivity index (χ1n) is 9.35. The van der Waals surface area contributed by atoms with Gasteiger partial charge >= 0.3 is 12.2 Å². The lowest BCUT2D eigenvalue weighted by Crippen LogP contribution is -2.53. The van der Waals surface area contributed by atoms with Crippen molar-refractivity contribution in [1.82, 2.24) is 4.98 Å². The first kappa shape index (κ1) is 20.3. The standard InChI is InChI=1S/C21H23N3O5/c1-13(2)28-20(26)23-16-11-8-12-22-18(16)24(21(27)29-14(3)4)17(19(23)25)15-9-6-5-7-10-15/h5-14,17H,1-4H3. The van der Waals surface area contributed by atoms with Crippen LogP contribution < -0.4 is 9.80 Å². The largest absolute Gasteiger partial charge is 0.446 e. The summed E-state index contributed by atoms with van der Waals surface area (Å²) >= 11 is 0. The zero-order valence-electron chi connectivity index (χ0n) is 16.7. The number of rotatable bonds is 3. The summed E-state index contributed by atoms with van der Waals surface area (Å²) in [5.41, 5.74) is 0.688. The van der Waals surface area contributed by atoms with E-state index in [1.54, 1.807) is 70.2 Å². The van der Waals surface area contributed by atoms with Gasteiger partial charge in [-0.15, -0.1) is 0 Å². The molecule has 1 aromatic heterocycles. The van der Waals surface area contributed by atoms with Crippen LogP contribution in [0.5, 0.6) is 0 Å². The van der Waals surface area contributed by atoms with Crippen LogP contribution in [0, 0.1) is 0 Å². The van der Waals surface area contributed by atoms with Gasteiger partial charge in [0.2, 0.25) is 0 Å². The molecule has 2 aromatic rings. The van der Waals surface area contributed by atoms with Crippen LogP contribution in [0.1, 0.15) is 39.3 Å². The number of hydrogen-bond donors (Lipinski definition) is 0. The predicted molar refractivity (Wildman–Crippen MR) is 107 cm³/mol. The van der Waals surface area contributed by atoms with Crippen LogP contribution >= 0.6 is 0 Å². The van der Waals surface area contributed by atoms with Crippen LogP contribution in [-0.4, -0.2) is 35.3 Å². The Bertz CT molecular complexity index is 914. The van der Waals surface area contributed by atoms with E-state index in [0.29, 0.717) is 5.56 Å². The Balaban J connectivity index is 2.18. The minimum absolute atomic E-state index is 0.146. The average molecular weight is 397 g/mol. The molecule has 0 radical (unpaired) electrons. The molecule has 3 rings (SSSR count). The SMILES string of the molecule is CC(C)OC(=O)N1C(=O)C(c2ccccc2)N(C(=O)OC(C)C)c2ncccc21. The van der Waals surface area contributed by atoms with Gasteiger partial charge in [0, 0.05) is 6.20 Å². The van der Waals surface area contributed by atoms with E-state index in [1.165, 1.54) is 11.1 Å². The van der Waals surface area contributed by atoms with Crippen LogP contribution in [0.4, 0.5) is 21.1 Å². The van der Waals surface area contributed by atoms with E-state index in [9.17, 15) is 14.4 Å². The van der Waals surface area contributed by atoms with Gasteiger partial charge in [-0.2, -0.15) is 0 Å². The van der Waals surface area contributed by atoms with Crippen LogP contribution in [0.2, 0.25) is 0 Å². The molecule has 8 heteroatoms. The number of carbonyl (C=O) groups is 3. The maximum Gasteiger partial charge on any atom is 0.421 e. The average Bonchev–Trinajstić information content (AvgIpc) is 2.66. The lowest BCUT2D eigenvalue weighted by Gasteiger charge is -2.39. The molecule has 0 saturated heterocycles. The number of aromatic nitrogens is 1. The fraction of sp³-hybridized carbons (Fsp3) is 0.333. The lowest BCUT2D eigenvalue weighted by atomic mass is 10.0. The molecule has 0 fully saturated rings. The molecule has 3 amide bonds. The van der Waals surface area contributed by atoms with Crippen LogP contribution in [0.15, 0.2) is 48.7 Å². The molecule has 8 nitrogen and oxygen atoms in total. The molecule has 0 spiro atoms. The summed E-state index contributed by atoms with van der Waals surface area (Å²) in [7, 11) is 0. The number of anilines is 2. The maximum atomic E-state index is 13.5. The quantitative estimate of drug-likeness (QED) is 0.776. The van der Waals surface area contributed by atoms with Gasteiger partial charge in [0.1, 0.15) is 6.04 Å². The molecule has 1 aliphatic rings. The molecular weight excluding hydrogens is 374 g/mol. The summed E-state index contributed by atoms with van der Waals surface area (Å²) in [6.07, 6.45) is -0.881. The molecule has 1 unspecified atom stereocenters. The van der Waals surface area contributed by atoms with E-state index < -0.39 is 36.3 Å². The second-order valence-corrected chi connectivity index (χ2v) is 7.07. The molecule has 0 aliphatic carbocycles. The summed E-state index contributed by atoms with van der Waals surface area (Å²) in [4.78, 5) is 45.5. The Kier molecular flexibility index (Phi) is 5.81. The Morgan fingerprint density at radius 2 is 1.55 bits per heavy atom. The number of hydrogen-bond acceptors (Lipinski definition) is 6. The van der Waals surface area contributed by atoms with E-state index in [4.69, 9.17) is 9.47 Å². The number of amides is 3. The molecular formula is C21H23N3O5. The topological polar surface area (TPSA) is 89.0 Å². The molecule has 0 N–H and O–H groups in total. The summed E-state index contributed by atoms with van der Waals surface area (Å²) < 4.78 is 10.6. The summed E-state index contributed by atoms with van der Waals surface area (Å²) in [6.45, 7) is 6.81. The highest BCUT2D eigenvalue weighted by molar-refractivity contribution is 6.21. The highest BCUT2D eigenvalue weighted by Crippen LogP contribution is 2.41. The molecule has 0 bridgehead atoms. The van der Waals surface area contributed by atoms with E-state index >= 15 is 0 Å². The van der Waals surface area contributed by atoms with Crippen molar-refractivity contribution in [1.29, 1.82) is 0 Å². The van der Waals surface area contributed by atoms with Gasteiger partial charge < -0.3 is 9.47 Å². The molecule has 2 heterocycles. The summed E-state index contributed by atoms with van der Waals surface area (Å²) in [5, 5.41) is 0. The molecule has 1 aliphatic heterocycles. The van der Waals surface area contributed by atoms with Gasteiger partial charge in [0.15, 0.2) is 5.82 Å². The Morgan fingerprint density at radius 1 is 0.931 bits per heavy atom. The van der Waals surface area contributed by atoms with Crippen LogP contribution in [0.25, 0.3) is 0 Å². The van der Waals surface area contributed by atoms with Gasteiger partial charge in [-0.05, 0) is 45.4 Å². The molecule has 29 heavy (non-hydrogen) atoms. The summed E-state index contributed by atoms with van der Waals surface area (Å²) in [6, 6.07) is 10.7. The van der Waals surface area contributed by atoms with Crippen molar-refractivity contribution in [2.75, 3.05) is 9.80 Å². The summed E-state index contributed by atoms with van der Waals surface area (Å²) in [5.74, 6) is -0.477. The zero-order valence-corrected chi connectivity index (χ0v) is 16.7. The Morgan fingerprint density at radius 3 is 2.17 bits per heavy atom. The van der Waals surface area contributed by atoms with Crippen molar-refractivity contribution in [3.63, 3.8) is 0 Å². The van der Waals surface area contributed by atoms with Crippen LogP contribution in [-0.2, 0) is 14.3 Å². The van der Waals surface area contributed by atoms with E-state index in [2.05, 4.69) is 4.98 Å². The normalized spacial score (nSPS) is 16.1. The highest BCUT2D eigenvalue weighted by atomic mass is 16.6. The highest BCUT2D eigenvalue weighted by Gasteiger charge is 2.47. The maximum absolute atomic E-state index is 13.5. The fourth-order valence-corrected chi connectivity index (χ4v) is 3.04. The van der Waals surface area contributed by atoms with Crippen molar-refractivity contribution < 1.29 is 23.9 Å². The number of nitrogens with zero attached hydrogens (tertiary/aromatic N) is 3. The first-order valence-corrected chi connectivity index (χ1v) is 9.35. The number of imide groups is 1. The van der Waals surface area contributed by atoms with E-state index in [-0.39, 0.29) is 11.5 Å². The number of ether oxygens (including phenoxy) is 2. The molecule has 0 saturated carbocycles. The fourth-order valence-electron chi connectivity index (χ4n) is 3.04. The van der Waals surface area contributed by atoms with Crippen LogP contribution in [0.3, 0.4) is 0 Å². The van der Waals surface area contributed by atoms with Crippen molar-refractivity contribution in [3.05, 3.63) is 54.2 Å². The Labute approximate surface area is 169 Å². The van der Waals surface area contributed by atoms with Gasteiger partial charge in [-0.3, -0.25) is 4.79 Å². The van der Waals surface area contributed by atoms with Gasteiger partial charge in [-0.1, -0.05) is 30.3 Å². The predicted octanol–water partition coefficient (Wildman–Crippen LogP) is 4.07. The molecule has 1 atom stereocenters. The van der Waals surface area contributed by atoms with Crippen molar-refractivity contribution in [3.8, 4) is 0 Å². The molecule has 1 aromatic carbocycles. The Hall–Kier alpha value is -3.42. The van der Waals surface area contributed by atoms with Crippen molar-refractivity contribution in [2.45, 2.75) is 45.9 Å². The minimum Gasteiger partial charge on any atom is -0.446 e. The third kappa shape index (κ3) is 4.06. The number of benzene rings is 1. The molecule has 152 valence electrons. The van der Waals surface area contributed by atoms with Gasteiger partial charge in [0.05, 0.1) is 17.9 Å². The van der Waals surface area contributed by atoms with E-state index in [0.717, 1.165) is 4.90 Å². The van der Waals surface area contributed by atoms with Gasteiger partial charge in [0.25, 0.3) is 5.91 Å². The number of pyridine rings is 1. The van der Waals surface area contributed by atoms with E-state index in [1.807, 2.05) is 0 Å². The third-order valence-corrected chi connectivity index (χ3v) is 4.12. The minimum atomic E-state index is -1.12. The zero-order chi connectivity index (χ0) is 21.1. The van der Waals surface area contributed by atoms with Gasteiger partial charge in [-0.25, -0.2) is 24.4 Å². The second kappa shape index (κ2) is 8.30. The van der Waals surface area contributed by atoms with Crippen molar-refractivity contribution >= 4 is 29.6 Å². The smallest absolute Gasteiger partial charge is 0.421 e. The third-order valence-electron chi connectivity index (χ3n) is 4.12. The first-order chi connectivity index (χ1) is 13.8. The lowest BCUT2D eigenvalue weighted by molar-refractivity contribution is -0.120. The monoisotopic (exact) mass is 397 g/mol.